The largest absolute Gasteiger partial charge is 1.00 e. The first-order valence-corrected chi connectivity index (χ1v) is 16.1. The Labute approximate surface area is 328 Å². The van der Waals surface area contributed by atoms with Crippen molar-refractivity contribution in [3.05, 3.63) is 125 Å². The zero-order valence-electron chi connectivity index (χ0n) is 27.7. The Hall–Kier alpha value is -3.53. The molecule has 244 valence electrons. The number of aromatic carboxylic acids is 2. The van der Waals surface area contributed by atoms with Crippen molar-refractivity contribution in [3.8, 4) is 5.69 Å². The minimum Gasteiger partial charge on any atom is -0.545 e. The first kappa shape index (κ1) is 41.6. The molecule has 0 saturated heterocycles. The van der Waals surface area contributed by atoms with E-state index in [-0.39, 0.29) is 80.7 Å². The number of imidazole rings is 1. The average molecular weight is 702 g/mol. The van der Waals surface area contributed by atoms with Crippen molar-refractivity contribution in [2.45, 2.75) is 38.1 Å². The maximum absolute atomic E-state index is 12.3. The summed E-state index contributed by atoms with van der Waals surface area (Å²) in [6.07, 6.45) is 2.66. The number of aryl methyl sites for hydroxylation is 1. The average Bonchev–Trinajstić information content (AvgIpc) is 3.49. The standard InChI is InChI=1S/C23H23N5O3S.C11H12O4.2Na/c24-15-18-7-11-20(12-8-18)32(30,31)27-23(29)25-14-13-17-5-9-19(10-6-17)28-16-26-21-3-1-2-4-22(21)28;1-3-7-8(10(12)13)4-6(2)5-9(7)11(14)15;;/h1-12,16H,13-15,24H2,(H2,25,27,29);4-5H,3H2,1-2H3,(H,12,13)(H,14,15);;/q;;2*+1/p-2. The molecule has 0 atom stereocenters. The second kappa shape index (κ2) is 19.0. The van der Waals surface area contributed by atoms with Crippen molar-refractivity contribution in [1.29, 1.82) is 0 Å². The van der Waals surface area contributed by atoms with Crippen LogP contribution in [0.25, 0.3) is 16.7 Å². The van der Waals surface area contributed by atoms with E-state index in [1.54, 1.807) is 32.3 Å². The van der Waals surface area contributed by atoms with Crippen molar-refractivity contribution in [2.75, 3.05) is 6.54 Å². The summed E-state index contributed by atoms with van der Waals surface area (Å²) in [4.78, 5) is 38.0. The van der Waals surface area contributed by atoms with Crippen LogP contribution in [0.3, 0.4) is 0 Å². The fourth-order valence-electron chi connectivity index (χ4n) is 4.89. The summed E-state index contributed by atoms with van der Waals surface area (Å²) in [6.45, 7) is 3.91. The van der Waals surface area contributed by atoms with Crippen LogP contribution in [-0.2, 0) is 29.4 Å². The van der Waals surface area contributed by atoms with Gasteiger partial charge in [-0.15, -0.1) is 0 Å². The first-order valence-electron chi connectivity index (χ1n) is 14.6. The van der Waals surface area contributed by atoms with Crippen LogP contribution >= 0.6 is 0 Å². The minimum absolute atomic E-state index is 0. The van der Waals surface area contributed by atoms with Gasteiger partial charge in [0.2, 0.25) is 0 Å². The molecule has 0 unspecified atom stereocenters. The number of nitrogens with zero attached hydrogens (tertiary/aromatic N) is 2. The summed E-state index contributed by atoms with van der Waals surface area (Å²) in [6, 6.07) is 23.9. The normalized spacial score (nSPS) is 10.5. The van der Waals surface area contributed by atoms with Gasteiger partial charge in [0.1, 0.15) is 6.33 Å². The molecule has 1 aromatic heterocycles. The van der Waals surface area contributed by atoms with Gasteiger partial charge in [0.05, 0.1) is 27.9 Å². The molecule has 0 bridgehead atoms. The van der Waals surface area contributed by atoms with Crippen molar-refractivity contribution < 1.29 is 92.1 Å². The van der Waals surface area contributed by atoms with Crippen molar-refractivity contribution in [2.24, 2.45) is 5.73 Å². The maximum Gasteiger partial charge on any atom is 1.00 e. The van der Waals surface area contributed by atoms with Crippen LogP contribution in [0.1, 0.15) is 49.9 Å². The van der Waals surface area contributed by atoms with E-state index >= 15 is 0 Å². The van der Waals surface area contributed by atoms with Crippen LogP contribution in [0.15, 0.2) is 96.2 Å². The van der Waals surface area contributed by atoms with E-state index in [9.17, 15) is 33.0 Å². The number of carboxylic acids is 2. The number of sulfonamides is 1. The number of benzene rings is 4. The Balaban J connectivity index is 0.000000417. The molecule has 5 aromatic rings. The molecule has 4 N–H and O–H groups in total. The molecule has 0 fully saturated rings. The maximum atomic E-state index is 12.3. The van der Waals surface area contributed by atoms with E-state index in [2.05, 4.69) is 10.3 Å². The number of aromatic nitrogens is 2. The molecular formula is C34H33N5Na2O7S. The number of rotatable bonds is 10. The molecule has 2 amide bonds. The fourth-order valence-corrected chi connectivity index (χ4v) is 5.82. The van der Waals surface area contributed by atoms with Gasteiger partial charge in [0.15, 0.2) is 0 Å². The Bertz CT molecular complexity index is 1980. The van der Waals surface area contributed by atoms with Crippen LogP contribution in [0.4, 0.5) is 4.79 Å². The van der Waals surface area contributed by atoms with Crippen LogP contribution in [0, 0.1) is 6.92 Å². The van der Waals surface area contributed by atoms with Gasteiger partial charge in [-0.05, 0) is 90.6 Å². The molecule has 0 aliphatic rings. The number of hydrogen-bond donors (Lipinski definition) is 3. The predicted octanol–water partition coefficient (Wildman–Crippen LogP) is -3.99. The van der Waals surface area contributed by atoms with Gasteiger partial charge in [-0.25, -0.2) is 22.9 Å². The summed E-state index contributed by atoms with van der Waals surface area (Å²) in [7, 11) is -3.94. The summed E-state index contributed by atoms with van der Waals surface area (Å²) in [5, 5.41) is 24.1. The van der Waals surface area contributed by atoms with Gasteiger partial charge < -0.3 is 30.9 Å². The number of carbonyl (C=O) groups excluding carboxylic acids is 3. The second-order valence-corrected chi connectivity index (χ2v) is 12.2. The summed E-state index contributed by atoms with van der Waals surface area (Å²) in [5.74, 6) is -2.73. The Morgan fingerprint density at radius 3 is 1.98 bits per heavy atom. The van der Waals surface area contributed by atoms with Gasteiger partial charge in [0.25, 0.3) is 10.0 Å². The number of urea groups is 1. The monoisotopic (exact) mass is 701 g/mol. The summed E-state index contributed by atoms with van der Waals surface area (Å²) >= 11 is 0. The van der Waals surface area contributed by atoms with E-state index in [1.165, 1.54) is 24.3 Å². The zero-order chi connectivity index (χ0) is 34.1. The van der Waals surface area contributed by atoms with E-state index < -0.39 is 28.0 Å². The zero-order valence-corrected chi connectivity index (χ0v) is 32.5. The van der Waals surface area contributed by atoms with E-state index in [0.29, 0.717) is 31.5 Å². The van der Waals surface area contributed by atoms with Gasteiger partial charge in [-0.2, -0.15) is 0 Å². The Kier molecular flexibility index (Phi) is 16.2. The second-order valence-electron chi connectivity index (χ2n) is 10.5. The first-order chi connectivity index (χ1) is 22.4. The number of fused-ring (bicyclic) bond motifs is 1. The fraction of sp³-hybridized carbons (Fsp3) is 0.176. The third-order valence-electron chi connectivity index (χ3n) is 7.25. The number of nitrogens with one attached hydrogen (secondary N) is 2. The molecule has 12 nitrogen and oxygen atoms in total. The summed E-state index contributed by atoms with van der Waals surface area (Å²) in [5.41, 5.74) is 10.9. The van der Waals surface area contributed by atoms with Gasteiger partial charge in [-0.1, -0.05) is 43.3 Å². The SMILES string of the molecule is CCc1c(C(=O)[O-])cc(C)cc1C(=O)[O-].NCc1ccc(S(=O)(=O)NC(=O)NCCc2ccc(-n3cnc4ccccc43)cc2)cc1.[Na+].[Na+]. The van der Waals surface area contributed by atoms with Crippen LogP contribution < -0.4 is 85.1 Å². The predicted molar refractivity (Wildman–Crippen MR) is 172 cm³/mol. The third kappa shape index (κ3) is 11.0. The number of carbonyl (C=O) groups is 3. The number of nitrogens with two attached hydrogens (primary N) is 1. The van der Waals surface area contributed by atoms with Crippen LogP contribution in [0.2, 0.25) is 0 Å². The van der Waals surface area contributed by atoms with Gasteiger partial charge in [-0.3, -0.25) is 4.57 Å². The van der Waals surface area contributed by atoms with Crippen molar-refractivity contribution >= 4 is 39.0 Å². The third-order valence-corrected chi connectivity index (χ3v) is 8.60. The number of amides is 2. The summed E-state index contributed by atoms with van der Waals surface area (Å²) < 4.78 is 28.6. The van der Waals surface area contributed by atoms with Crippen LogP contribution in [-0.4, -0.2) is 42.5 Å². The Morgan fingerprint density at radius 2 is 1.43 bits per heavy atom. The van der Waals surface area contributed by atoms with Crippen LogP contribution in [0.5, 0.6) is 0 Å². The molecule has 0 aliphatic carbocycles. The van der Waals surface area contributed by atoms with Crippen molar-refractivity contribution in [3.63, 3.8) is 0 Å². The van der Waals surface area contributed by atoms with Gasteiger partial charge >= 0.3 is 65.1 Å². The number of carboxylic acid groups (broad SMARTS) is 2. The molecule has 15 heteroatoms. The van der Waals surface area contributed by atoms with E-state index in [1.807, 2.05) is 57.8 Å². The number of para-hydroxylation sites is 2. The molecular weight excluding hydrogens is 668 g/mol. The molecule has 5 rings (SSSR count). The minimum atomic E-state index is -3.94. The molecule has 0 aliphatic heterocycles. The van der Waals surface area contributed by atoms with E-state index in [0.717, 1.165) is 27.8 Å². The van der Waals surface area contributed by atoms with E-state index in [4.69, 9.17) is 5.73 Å². The molecule has 1 heterocycles. The Morgan fingerprint density at radius 1 is 0.857 bits per heavy atom. The smallest absolute Gasteiger partial charge is 0.545 e. The molecule has 0 spiro atoms. The molecule has 0 radical (unpaired) electrons. The molecule has 0 saturated carbocycles. The number of hydrogen-bond acceptors (Lipinski definition) is 9. The molecule has 4 aromatic carbocycles. The van der Waals surface area contributed by atoms with Gasteiger partial charge in [0, 0.05) is 29.9 Å². The topological polar surface area (TPSA) is 199 Å². The van der Waals surface area contributed by atoms with Crippen molar-refractivity contribution in [1.82, 2.24) is 19.6 Å². The molecule has 49 heavy (non-hydrogen) atoms. The quantitative estimate of drug-likeness (QED) is 0.122.